The van der Waals surface area contributed by atoms with Crippen molar-refractivity contribution < 1.29 is 14.7 Å². The van der Waals surface area contributed by atoms with Gasteiger partial charge in [-0.25, -0.2) is 0 Å². The van der Waals surface area contributed by atoms with Gasteiger partial charge in [0.25, 0.3) is 0 Å². The Labute approximate surface area is 95.6 Å². The van der Waals surface area contributed by atoms with Crippen LogP contribution in [0.5, 0.6) is 0 Å². The predicted molar refractivity (Wildman–Crippen MR) is 58.9 cm³/mol. The summed E-state index contributed by atoms with van der Waals surface area (Å²) in [6.07, 6.45) is 6.41. The Morgan fingerprint density at radius 3 is 2.25 bits per heavy atom. The van der Waals surface area contributed by atoms with Gasteiger partial charge in [-0.15, -0.1) is 0 Å². The second-order valence-electron chi connectivity index (χ2n) is 5.04. The molecule has 2 saturated carbocycles. The number of hydrogen-bond donors (Lipinski definition) is 1. The lowest BCUT2D eigenvalue weighted by Gasteiger charge is -2.23. The lowest BCUT2D eigenvalue weighted by Crippen LogP contribution is -2.40. The van der Waals surface area contributed by atoms with E-state index in [-0.39, 0.29) is 18.4 Å². The first-order valence-electron chi connectivity index (χ1n) is 6.17. The highest BCUT2D eigenvalue weighted by molar-refractivity contribution is 5.83. The van der Waals surface area contributed by atoms with E-state index < -0.39 is 5.97 Å². The normalized spacial score (nSPS) is 21.0. The van der Waals surface area contributed by atoms with Crippen molar-refractivity contribution in [1.29, 1.82) is 0 Å². The number of hydrogen-bond acceptors (Lipinski definition) is 2. The average Bonchev–Trinajstić information content (AvgIpc) is 2.88. The topological polar surface area (TPSA) is 57.6 Å². The molecule has 0 aromatic carbocycles. The first-order chi connectivity index (χ1) is 7.66. The van der Waals surface area contributed by atoms with Gasteiger partial charge in [-0.3, -0.25) is 9.59 Å². The number of carbonyl (C=O) groups excluding carboxylic acids is 1. The van der Waals surface area contributed by atoms with E-state index in [9.17, 15) is 9.59 Å². The third-order valence-electron chi connectivity index (χ3n) is 3.52. The molecule has 2 aliphatic carbocycles. The molecule has 0 spiro atoms. The molecule has 1 N–H and O–H groups in total. The summed E-state index contributed by atoms with van der Waals surface area (Å²) in [5.41, 5.74) is 0. The van der Waals surface area contributed by atoms with Gasteiger partial charge in [0.1, 0.15) is 6.54 Å². The van der Waals surface area contributed by atoms with E-state index in [0.29, 0.717) is 12.5 Å². The highest BCUT2D eigenvalue weighted by Crippen LogP contribution is 2.32. The highest BCUT2D eigenvalue weighted by atomic mass is 16.4. The zero-order valence-electron chi connectivity index (χ0n) is 9.52. The van der Waals surface area contributed by atoms with E-state index in [1.807, 2.05) is 0 Å². The van der Waals surface area contributed by atoms with Gasteiger partial charge in [-0.2, -0.15) is 0 Å². The van der Waals surface area contributed by atoms with E-state index in [4.69, 9.17) is 5.11 Å². The SMILES string of the molecule is O=C(O)CN(CC1CC1)C(=O)C1CCCC1. The van der Waals surface area contributed by atoms with Crippen LogP contribution in [0.15, 0.2) is 0 Å². The Balaban J connectivity index is 1.92. The molecule has 4 nitrogen and oxygen atoms in total. The van der Waals surface area contributed by atoms with Crippen molar-refractivity contribution in [3.05, 3.63) is 0 Å². The molecule has 4 heteroatoms. The summed E-state index contributed by atoms with van der Waals surface area (Å²) in [4.78, 5) is 24.4. The van der Waals surface area contributed by atoms with Gasteiger partial charge in [-0.1, -0.05) is 12.8 Å². The Bertz CT molecular complexity index is 280. The minimum atomic E-state index is -0.896. The number of carboxylic acids is 1. The zero-order valence-corrected chi connectivity index (χ0v) is 9.52. The molecule has 0 bridgehead atoms. The summed E-state index contributed by atoms with van der Waals surface area (Å²) in [7, 11) is 0. The largest absolute Gasteiger partial charge is 0.480 e. The molecule has 2 fully saturated rings. The molecule has 2 rings (SSSR count). The lowest BCUT2D eigenvalue weighted by molar-refractivity contribution is -0.146. The van der Waals surface area contributed by atoms with E-state index in [0.717, 1.165) is 38.5 Å². The Morgan fingerprint density at radius 2 is 1.75 bits per heavy atom. The molecule has 0 radical (unpaired) electrons. The molecule has 0 heterocycles. The van der Waals surface area contributed by atoms with Crippen LogP contribution in [-0.2, 0) is 9.59 Å². The predicted octanol–water partition coefficient (Wildman–Crippen LogP) is 1.50. The molecular formula is C12H19NO3. The first-order valence-corrected chi connectivity index (χ1v) is 6.17. The number of amides is 1. The fraction of sp³-hybridized carbons (Fsp3) is 0.833. The molecule has 16 heavy (non-hydrogen) atoms. The standard InChI is InChI=1S/C12H19NO3/c14-11(15)8-13(7-9-5-6-9)12(16)10-3-1-2-4-10/h9-10H,1-8H2,(H,14,15). The summed E-state index contributed by atoms with van der Waals surface area (Å²) in [6, 6.07) is 0. The number of aliphatic carboxylic acids is 1. The molecular weight excluding hydrogens is 206 g/mol. The summed E-state index contributed by atoms with van der Waals surface area (Å²) < 4.78 is 0. The van der Waals surface area contributed by atoms with Gasteiger partial charge in [0.2, 0.25) is 5.91 Å². The monoisotopic (exact) mass is 225 g/mol. The van der Waals surface area contributed by atoms with Gasteiger partial charge < -0.3 is 10.0 Å². The summed E-state index contributed by atoms with van der Waals surface area (Å²) in [5.74, 6) is -0.165. The van der Waals surface area contributed by atoms with E-state index in [1.54, 1.807) is 4.90 Å². The summed E-state index contributed by atoms with van der Waals surface area (Å²) >= 11 is 0. The van der Waals surface area contributed by atoms with E-state index in [2.05, 4.69) is 0 Å². The van der Waals surface area contributed by atoms with Crippen LogP contribution in [-0.4, -0.2) is 35.0 Å². The zero-order chi connectivity index (χ0) is 11.5. The maximum absolute atomic E-state index is 12.1. The smallest absolute Gasteiger partial charge is 0.323 e. The number of carboxylic acid groups (broad SMARTS) is 1. The van der Waals surface area contributed by atoms with Gasteiger partial charge in [-0.05, 0) is 31.6 Å². The molecule has 1 amide bonds. The molecule has 0 unspecified atom stereocenters. The third-order valence-corrected chi connectivity index (χ3v) is 3.52. The van der Waals surface area contributed by atoms with Gasteiger partial charge in [0.15, 0.2) is 0 Å². The fourth-order valence-electron chi connectivity index (χ4n) is 2.44. The molecule has 0 aromatic heterocycles. The van der Waals surface area contributed by atoms with E-state index >= 15 is 0 Å². The van der Waals surface area contributed by atoms with Crippen molar-refractivity contribution in [2.45, 2.75) is 38.5 Å². The van der Waals surface area contributed by atoms with Crippen LogP contribution in [0, 0.1) is 11.8 Å². The molecule has 2 aliphatic rings. The first kappa shape index (κ1) is 11.4. The summed E-state index contributed by atoms with van der Waals surface area (Å²) in [5, 5.41) is 8.82. The van der Waals surface area contributed by atoms with Crippen LogP contribution in [0.3, 0.4) is 0 Å². The number of rotatable bonds is 5. The van der Waals surface area contributed by atoms with Crippen LogP contribution in [0.25, 0.3) is 0 Å². The Kier molecular flexibility index (Phi) is 3.46. The second kappa shape index (κ2) is 4.85. The summed E-state index contributed by atoms with van der Waals surface area (Å²) in [6.45, 7) is 0.535. The van der Waals surface area contributed by atoms with Crippen molar-refractivity contribution in [1.82, 2.24) is 4.90 Å². The maximum Gasteiger partial charge on any atom is 0.323 e. The minimum Gasteiger partial charge on any atom is -0.480 e. The van der Waals surface area contributed by atoms with Crippen LogP contribution >= 0.6 is 0 Å². The van der Waals surface area contributed by atoms with Crippen LogP contribution in [0.1, 0.15) is 38.5 Å². The fourth-order valence-corrected chi connectivity index (χ4v) is 2.44. The van der Waals surface area contributed by atoms with Crippen molar-refractivity contribution in [2.75, 3.05) is 13.1 Å². The maximum atomic E-state index is 12.1. The highest BCUT2D eigenvalue weighted by Gasteiger charge is 2.32. The van der Waals surface area contributed by atoms with Crippen LogP contribution in [0.2, 0.25) is 0 Å². The molecule has 0 saturated heterocycles. The van der Waals surface area contributed by atoms with Gasteiger partial charge in [0.05, 0.1) is 0 Å². The van der Waals surface area contributed by atoms with Gasteiger partial charge in [0, 0.05) is 12.5 Å². The number of carbonyl (C=O) groups is 2. The van der Waals surface area contributed by atoms with Crippen LogP contribution < -0.4 is 0 Å². The quantitative estimate of drug-likeness (QED) is 0.771. The Morgan fingerprint density at radius 1 is 1.12 bits per heavy atom. The van der Waals surface area contributed by atoms with Crippen molar-refractivity contribution in [2.24, 2.45) is 11.8 Å². The molecule has 90 valence electrons. The lowest BCUT2D eigenvalue weighted by atomic mass is 10.1. The van der Waals surface area contributed by atoms with Crippen molar-refractivity contribution in [3.63, 3.8) is 0 Å². The van der Waals surface area contributed by atoms with Gasteiger partial charge >= 0.3 is 5.97 Å². The molecule has 0 aromatic rings. The Hall–Kier alpha value is -1.06. The number of nitrogens with zero attached hydrogens (tertiary/aromatic N) is 1. The second-order valence-corrected chi connectivity index (χ2v) is 5.04. The minimum absolute atomic E-state index is 0.0757. The molecule has 0 atom stereocenters. The van der Waals surface area contributed by atoms with Crippen molar-refractivity contribution in [3.8, 4) is 0 Å². The van der Waals surface area contributed by atoms with Crippen molar-refractivity contribution >= 4 is 11.9 Å². The molecule has 0 aliphatic heterocycles. The van der Waals surface area contributed by atoms with Crippen LogP contribution in [0.4, 0.5) is 0 Å². The average molecular weight is 225 g/mol. The third kappa shape index (κ3) is 2.97. The van der Waals surface area contributed by atoms with E-state index in [1.165, 1.54) is 0 Å².